The van der Waals surface area contributed by atoms with E-state index >= 15 is 0 Å². The number of nitrogens with one attached hydrogen (secondary N) is 1. The van der Waals surface area contributed by atoms with E-state index in [0.29, 0.717) is 31.3 Å². The van der Waals surface area contributed by atoms with Crippen molar-refractivity contribution in [3.05, 3.63) is 92.2 Å². The van der Waals surface area contributed by atoms with Crippen LogP contribution in [0.4, 0.5) is 0 Å². The molecular formula is C24H15Cl3N2O4S. The molecule has 0 aliphatic carbocycles. The molecule has 0 spiro atoms. The molecule has 1 heterocycles. The molecule has 1 N–H and O–H groups in total. The Labute approximate surface area is 213 Å². The third kappa shape index (κ3) is 5.69. The number of ether oxygens (including phenoxy) is 2. The molecule has 0 saturated carbocycles. The molecule has 0 bridgehead atoms. The summed E-state index contributed by atoms with van der Waals surface area (Å²) in [5.74, 6) is -0.497. The molecule has 0 aliphatic heterocycles. The highest BCUT2D eigenvalue weighted by atomic mass is 35.5. The van der Waals surface area contributed by atoms with Gasteiger partial charge in [-0.2, -0.15) is 5.10 Å². The van der Waals surface area contributed by atoms with Crippen LogP contribution in [-0.4, -0.2) is 24.7 Å². The van der Waals surface area contributed by atoms with Crippen LogP contribution >= 0.6 is 46.1 Å². The van der Waals surface area contributed by atoms with E-state index in [1.54, 1.807) is 36.4 Å². The fraction of sp³-hybridized carbons (Fsp3) is 0.0417. The summed E-state index contributed by atoms with van der Waals surface area (Å²) < 4.78 is 11.8. The van der Waals surface area contributed by atoms with Crippen molar-refractivity contribution < 1.29 is 19.1 Å². The Morgan fingerprint density at radius 1 is 0.971 bits per heavy atom. The number of carbonyl (C=O) groups excluding carboxylic acids is 2. The topological polar surface area (TPSA) is 77.0 Å². The maximum atomic E-state index is 12.8. The lowest BCUT2D eigenvalue weighted by Gasteiger charge is -2.08. The van der Waals surface area contributed by atoms with Gasteiger partial charge in [-0.15, -0.1) is 11.3 Å². The van der Waals surface area contributed by atoms with Crippen molar-refractivity contribution in [2.24, 2.45) is 5.10 Å². The minimum atomic E-state index is -0.579. The number of amides is 1. The van der Waals surface area contributed by atoms with Crippen molar-refractivity contribution in [3.63, 3.8) is 0 Å². The van der Waals surface area contributed by atoms with E-state index in [4.69, 9.17) is 44.3 Å². The molecule has 0 radical (unpaired) electrons. The van der Waals surface area contributed by atoms with Crippen molar-refractivity contribution in [3.8, 4) is 11.5 Å². The standard InChI is InChI=1S/C24H15Cl3N2O4S/c25-15-9-10-19(17(26)11-15)32-13-21(30)29-28-12-14-5-1-3-7-18(14)33-24(31)23-22(27)16-6-2-4-8-20(16)34-23/h1-12H,13H2,(H,29,30)/b28-12+. The summed E-state index contributed by atoms with van der Waals surface area (Å²) in [6.45, 7) is -0.306. The van der Waals surface area contributed by atoms with E-state index in [1.807, 2.05) is 24.3 Å². The highest BCUT2D eigenvalue weighted by Crippen LogP contribution is 2.36. The van der Waals surface area contributed by atoms with Crippen LogP contribution in [0.3, 0.4) is 0 Å². The number of esters is 1. The summed E-state index contributed by atoms with van der Waals surface area (Å²) >= 11 is 19.5. The maximum absolute atomic E-state index is 12.8. The van der Waals surface area contributed by atoms with Crippen molar-refractivity contribution in [1.29, 1.82) is 0 Å². The predicted molar refractivity (Wildman–Crippen MR) is 136 cm³/mol. The molecule has 0 saturated heterocycles. The quantitative estimate of drug-likeness (QED) is 0.125. The van der Waals surface area contributed by atoms with Crippen LogP contribution in [0.2, 0.25) is 15.1 Å². The summed E-state index contributed by atoms with van der Waals surface area (Å²) in [6.07, 6.45) is 1.36. The van der Waals surface area contributed by atoms with E-state index < -0.39 is 11.9 Å². The molecule has 0 atom stereocenters. The van der Waals surface area contributed by atoms with Gasteiger partial charge in [0, 0.05) is 20.7 Å². The molecule has 0 aliphatic rings. The van der Waals surface area contributed by atoms with E-state index in [9.17, 15) is 9.59 Å². The Morgan fingerprint density at radius 2 is 1.74 bits per heavy atom. The zero-order valence-corrected chi connectivity index (χ0v) is 20.3. The van der Waals surface area contributed by atoms with Crippen molar-refractivity contribution in [2.45, 2.75) is 0 Å². The van der Waals surface area contributed by atoms with Crippen molar-refractivity contribution in [2.75, 3.05) is 6.61 Å². The van der Waals surface area contributed by atoms with E-state index in [1.165, 1.54) is 23.6 Å². The minimum Gasteiger partial charge on any atom is -0.482 e. The molecule has 1 amide bonds. The van der Waals surface area contributed by atoms with Gasteiger partial charge in [0.2, 0.25) is 0 Å². The molecule has 4 aromatic rings. The number of carbonyl (C=O) groups is 2. The van der Waals surface area contributed by atoms with Gasteiger partial charge >= 0.3 is 5.97 Å². The van der Waals surface area contributed by atoms with E-state index in [0.717, 1.165) is 10.1 Å². The monoisotopic (exact) mass is 532 g/mol. The second-order valence-corrected chi connectivity index (χ2v) is 9.10. The molecule has 6 nitrogen and oxygen atoms in total. The zero-order valence-electron chi connectivity index (χ0n) is 17.3. The van der Waals surface area contributed by atoms with Crippen LogP contribution < -0.4 is 14.9 Å². The normalized spacial score (nSPS) is 11.0. The molecular weight excluding hydrogens is 519 g/mol. The summed E-state index contributed by atoms with van der Waals surface area (Å²) in [5, 5.41) is 5.80. The molecule has 4 rings (SSSR count). The highest BCUT2D eigenvalue weighted by molar-refractivity contribution is 7.21. The molecule has 3 aromatic carbocycles. The molecule has 0 unspecified atom stereocenters. The number of para-hydroxylation sites is 1. The average molecular weight is 534 g/mol. The summed E-state index contributed by atoms with van der Waals surface area (Å²) in [5.41, 5.74) is 2.83. The molecule has 10 heteroatoms. The summed E-state index contributed by atoms with van der Waals surface area (Å²) in [7, 11) is 0. The highest BCUT2D eigenvalue weighted by Gasteiger charge is 2.19. The number of halogens is 3. The van der Waals surface area contributed by atoms with Crippen LogP contribution in [0.15, 0.2) is 71.8 Å². The molecule has 1 aromatic heterocycles. The Morgan fingerprint density at radius 3 is 2.53 bits per heavy atom. The predicted octanol–water partition coefficient (Wildman–Crippen LogP) is 6.61. The first kappa shape index (κ1) is 24.0. The maximum Gasteiger partial charge on any atom is 0.355 e. The van der Waals surface area contributed by atoms with Gasteiger partial charge in [0.15, 0.2) is 6.61 Å². The lowest BCUT2D eigenvalue weighted by molar-refractivity contribution is -0.123. The summed E-state index contributed by atoms with van der Waals surface area (Å²) in [6, 6.07) is 18.9. The minimum absolute atomic E-state index is 0.267. The molecule has 0 fully saturated rings. The van der Waals surface area contributed by atoms with Crippen molar-refractivity contribution >= 4 is 74.3 Å². The van der Waals surface area contributed by atoms with Crippen LogP contribution in [0.1, 0.15) is 15.2 Å². The van der Waals surface area contributed by atoms with Gasteiger partial charge in [-0.05, 0) is 36.4 Å². The zero-order chi connectivity index (χ0) is 24.1. The molecule has 172 valence electrons. The number of thiophene rings is 1. The number of hydrazone groups is 1. The lowest BCUT2D eigenvalue weighted by atomic mass is 10.2. The van der Waals surface area contributed by atoms with Gasteiger partial charge < -0.3 is 9.47 Å². The smallest absolute Gasteiger partial charge is 0.355 e. The van der Waals surface area contributed by atoms with Crippen LogP contribution in [-0.2, 0) is 4.79 Å². The first-order chi connectivity index (χ1) is 16.4. The SMILES string of the molecule is O=C(COc1ccc(Cl)cc1Cl)N/N=C/c1ccccc1OC(=O)c1sc2ccccc2c1Cl. The Hall–Kier alpha value is -3.10. The van der Waals surface area contributed by atoms with Crippen LogP contribution in [0.25, 0.3) is 10.1 Å². The third-order valence-corrected chi connectivity index (χ3v) is 6.67. The Kier molecular flexibility index (Phi) is 7.70. The fourth-order valence-electron chi connectivity index (χ4n) is 2.91. The van der Waals surface area contributed by atoms with Gasteiger partial charge in [0.25, 0.3) is 5.91 Å². The first-order valence-corrected chi connectivity index (χ1v) is 11.8. The molecule has 34 heavy (non-hydrogen) atoms. The second kappa shape index (κ2) is 10.9. The van der Waals surface area contributed by atoms with Gasteiger partial charge in [0.1, 0.15) is 16.4 Å². The van der Waals surface area contributed by atoms with E-state index in [-0.39, 0.29) is 12.4 Å². The van der Waals surface area contributed by atoms with Gasteiger partial charge in [0.05, 0.1) is 16.3 Å². The fourth-order valence-corrected chi connectivity index (χ4v) is 4.76. The lowest BCUT2D eigenvalue weighted by Crippen LogP contribution is -2.24. The third-order valence-electron chi connectivity index (χ3n) is 4.49. The largest absolute Gasteiger partial charge is 0.482 e. The Bertz CT molecular complexity index is 1400. The number of nitrogens with zero attached hydrogens (tertiary/aromatic N) is 1. The van der Waals surface area contributed by atoms with Crippen LogP contribution in [0.5, 0.6) is 11.5 Å². The van der Waals surface area contributed by atoms with Crippen molar-refractivity contribution in [1.82, 2.24) is 5.43 Å². The van der Waals surface area contributed by atoms with Gasteiger partial charge in [-0.3, -0.25) is 4.79 Å². The van der Waals surface area contributed by atoms with E-state index in [2.05, 4.69) is 10.5 Å². The number of hydrogen-bond donors (Lipinski definition) is 1. The number of benzene rings is 3. The average Bonchev–Trinajstić information content (AvgIpc) is 3.16. The Balaban J connectivity index is 1.39. The first-order valence-electron chi connectivity index (χ1n) is 9.80. The van der Waals surface area contributed by atoms with Gasteiger partial charge in [-0.25, -0.2) is 10.2 Å². The number of rotatable bonds is 7. The van der Waals surface area contributed by atoms with Gasteiger partial charge in [-0.1, -0.05) is 65.1 Å². The summed E-state index contributed by atoms with van der Waals surface area (Å²) in [4.78, 5) is 25.1. The second-order valence-electron chi connectivity index (χ2n) is 6.83. The number of fused-ring (bicyclic) bond motifs is 1. The van der Waals surface area contributed by atoms with Crippen LogP contribution in [0, 0.1) is 0 Å². The number of hydrogen-bond acceptors (Lipinski definition) is 6.